The molecule has 1 aliphatic carbocycles. The summed E-state index contributed by atoms with van der Waals surface area (Å²) in [6.07, 6.45) is 1.50. The zero-order chi connectivity index (χ0) is 9.42. The summed E-state index contributed by atoms with van der Waals surface area (Å²) in [6.45, 7) is 0. The largest absolute Gasteiger partial charge is 0.388 e. The third-order valence-electron chi connectivity index (χ3n) is 2.29. The number of aliphatic hydroxyl groups is 1. The number of aliphatic hydroxyl groups excluding tert-OH is 1. The summed E-state index contributed by atoms with van der Waals surface area (Å²) >= 11 is 5.67. The van der Waals surface area contributed by atoms with Crippen LogP contribution in [0.5, 0.6) is 0 Å². The second-order valence-corrected chi connectivity index (χ2v) is 3.92. The molecule has 1 unspecified atom stereocenters. The van der Waals surface area contributed by atoms with Gasteiger partial charge in [-0.2, -0.15) is 0 Å². The molecule has 0 bridgehead atoms. The molecule has 0 spiro atoms. The number of hydrogen-bond donors (Lipinski definition) is 1. The van der Waals surface area contributed by atoms with E-state index in [9.17, 15) is 9.50 Å². The van der Waals surface area contributed by atoms with E-state index >= 15 is 0 Å². The molecule has 13 heavy (non-hydrogen) atoms. The number of halogens is 2. The average molecular weight is 201 g/mol. The van der Waals surface area contributed by atoms with Crippen LogP contribution in [0, 0.1) is 11.7 Å². The van der Waals surface area contributed by atoms with Gasteiger partial charge in [-0.3, -0.25) is 0 Å². The second kappa shape index (κ2) is 3.28. The van der Waals surface area contributed by atoms with Gasteiger partial charge < -0.3 is 5.11 Å². The van der Waals surface area contributed by atoms with Crippen LogP contribution in [0.3, 0.4) is 0 Å². The highest BCUT2D eigenvalue weighted by Gasteiger charge is 2.31. The summed E-state index contributed by atoms with van der Waals surface area (Å²) in [5, 5.41) is 10.0. The predicted octanol–water partition coefficient (Wildman–Crippen LogP) is 2.92. The van der Waals surface area contributed by atoms with Crippen LogP contribution < -0.4 is 0 Å². The first-order chi connectivity index (χ1) is 6.16. The van der Waals surface area contributed by atoms with Gasteiger partial charge in [0.25, 0.3) is 0 Å². The predicted molar refractivity (Wildman–Crippen MR) is 49.1 cm³/mol. The van der Waals surface area contributed by atoms with E-state index in [-0.39, 0.29) is 5.82 Å². The second-order valence-electron chi connectivity index (χ2n) is 3.49. The minimum Gasteiger partial charge on any atom is -0.388 e. The molecule has 70 valence electrons. The lowest BCUT2D eigenvalue weighted by molar-refractivity contribution is 0.153. The summed E-state index contributed by atoms with van der Waals surface area (Å²) < 4.78 is 12.9. The Labute approximate surface area is 81.1 Å². The minimum absolute atomic E-state index is 0.304. The van der Waals surface area contributed by atoms with Gasteiger partial charge in [-0.25, -0.2) is 4.39 Å². The molecule has 1 aromatic rings. The van der Waals surface area contributed by atoms with Crippen molar-refractivity contribution in [1.82, 2.24) is 0 Å². The Morgan fingerprint density at radius 2 is 2.08 bits per heavy atom. The van der Waals surface area contributed by atoms with E-state index in [1.54, 1.807) is 6.07 Å². The standard InChI is InChI=1S/C10H10ClFO/c11-8-3-7(4-9(12)5-8)10(13)6-1-2-6/h3-6,10,13H,1-2H2. The van der Waals surface area contributed by atoms with Crippen LogP contribution in [-0.4, -0.2) is 5.11 Å². The fraction of sp³-hybridized carbons (Fsp3) is 0.400. The minimum atomic E-state index is -0.548. The summed E-state index contributed by atoms with van der Waals surface area (Å²) in [4.78, 5) is 0. The number of hydrogen-bond acceptors (Lipinski definition) is 1. The van der Waals surface area contributed by atoms with Crippen molar-refractivity contribution in [2.24, 2.45) is 5.92 Å². The van der Waals surface area contributed by atoms with Gasteiger partial charge in [-0.05, 0) is 42.5 Å². The normalized spacial score (nSPS) is 18.7. The zero-order valence-electron chi connectivity index (χ0n) is 7.00. The van der Waals surface area contributed by atoms with E-state index in [0.29, 0.717) is 16.5 Å². The van der Waals surface area contributed by atoms with Crippen molar-refractivity contribution in [2.45, 2.75) is 18.9 Å². The van der Waals surface area contributed by atoms with E-state index < -0.39 is 6.10 Å². The fourth-order valence-electron chi connectivity index (χ4n) is 1.43. The van der Waals surface area contributed by atoms with E-state index in [1.165, 1.54) is 12.1 Å². The Morgan fingerprint density at radius 1 is 1.38 bits per heavy atom. The van der Waals surface area contributed by atoms with Crippen LogP contribution in [0.2, 0.25) is 5.02 Å². The molecule has 1 nitrogen and oxygen atoms in total. The number of benzene rings is 1. The van der Waals surface area contributed by atoms with E-state index in [1.807, 2.05) is 0 Å². The molecule has 0 amide bonds. The topological polar surface area (TPSA) is 20.2 Å². The molecule has 0 saturated heterocycles. The molecule has 2 rings (SSSR count). The van der Waals surface area contributed by atoms with Crippen molar-refractivity contribution >= 4 is 11.6 Å². The molecule has 1 aliphatic rings. The lowest BCUT2D eigenvalue weighted by Gasteiger charge is -2.09. The Kier molecular flexibility index (Phi) is 2.26. The van der Waals surface area contributed by atoms with E-state index in [2.05, 4.69) is 0 Å². The highest BCUT2D eigenvalue weighted by Crippen LogP contribution is 2.41. The molecule has 1 N–H and O–H groups in total. The molecule has 0 radical (unpaired) electrons. The first-order valence-corrected chi connectivity index (χ1v) is 4.68. The van der Waals surface area contributed by atoms with Crippen molar-refractivity contribution in [2.75, 3.05) is 0 Å². The summed E-state index contributed by atoms with van der Waals surface area (Å²) in [7, 11) is 0. The van der Waals surface area contributed by atoms with E-state index in [4.69, 9.17) is 11.6 Å². The van der Waals surface area contributed by atoms with Crippen LogP contribution in [0.4, 0.5) is 4.39 Å². The molecule has 1 fully saturated rings. The first-order valence-electron chi connectivity index (χ1n) is 4.31. The monoisotopic (exact) mass is 200 g/mol. The van der Waals surface area contributed by atoms with Gasteiger partial charge in [0.1, 0.15) is 5.82 Å². The Hall–Kier alpha value is -0.600. The van der Waals surface area contributed by atoms with Crippen LogP contribution in [0.15, 0.2) is 18.2 Å². The smallest absolute Gasteiger partial charge is 0.125 e. The van der Waals surface area contributed by atoms with Gasteiger partial charge in [-0.15, -0.1) is 0 Å². The highest BCUT2D eigenvalue weighted by atomic mass is 35.5. The zero-order valence-corrected chi connectivity index (χ0v) is 7.76. The Morgan fingerprint density at radius 3 is 2.62 bits per heavy atom. The lowest BCUT2D eigenvalue weighted by Crippen LogP contribution is -1.99. The maximum absolute atomic E-state index is 12.9. The van der Waals surface area contributed by atoms with Crippen LogP contribution in [-0.2, 0) is 0 Å². The van der Waals surface area contributed by atoms with Crippen molar-refractivity contribution in [3.8, 4) is 0 Å². The van der Waals surface area contributed by atoms with Gasteiger partial charge in [0.15, 0.2) is 0 Å². The summed E-state index contributed by atoms with van der Waals surface area (Å²) in [5.74, 6) is -0.0833. The summed E-state index contributed by atoms with van der Waals surface area (Å²) in [5.41, 5.74) is 0.590. The number of rotatable bonds is 2. The molecule has 1 saturated carbocycles. The maximum Gasteiger partial charge on any atom is 0.125 e. The molecule has 1 aromatic carbocycles. The maximum atomic E-state index is 12.9. The van der Waals surface area contributed by atoms with Crippen molar-refractivity contribution in [3.05, 3.63) is 34.6 Å². The molecular weight excluding hydrogens is 191 g/mol. The van der Waals surface area contributed by atoms with Crippen LogP contribution in [0.25, 0.3) is 0 Å². The average Bonchev–Trinajstić information content (AvgIpc) is 2.83. The van der Waals surface area contributed by atoms with Gasteiger partial charge in [0, 0.05) is 5.02 Å². The first kappa shape index (κ1) is 8.97. The Bertz CT molecular complexity index is 302. The third kappa shape index (κ3) is 2.01. The van der Waals surface area contributed by atoms with Crippen molar-refractivity contribution < 1.29 is 9.50 Å². The molecule has 0 aromatic heterocycles. The van der Waals surface area contributed by atoms with E-state index in [0.717, 1.165) is 12.8 Å². The van der Waals surface area contributed by atoms with Crippen LogP contribution >= 0.6 is 11.6 Å². The van der Waals surface area contributed by atoms with Crippen molar-refractivity contribution in [3.63, 3.8) is 0 Å². The van der Waals surface area contributed by atoms with Gasteiger partial charge in [0.05, 0.1) is 6.10 Å². The lowest BCUT2D eigenvalue weighted by atomic mass is 10.1. The van der Waals surface area contributed by atoms with Gasteiger partial charge in [0.2, 0.25) is 0 Å². The van der Waals surface area contributed by atoms with Gasteiger partial charge in [-0.1, -0.05) is 11.6 Å². The summed E-state index contributed by atoms with van der Waals surface area (Å²) in [6, 6.07) is 4.20. The fourth-order valence-corrected chi connectivity index (χ4v) is 1.66. The molecule has 0 heterocycles. The molecule has 3 heteroatoms. The Balaban J connectivity index is 2.27. The van der Waals surface area contributed by atoms with Gasteiger partial charge >= 0.3 is 0 Å². The third-order valence-corrected chi connectivity index (χ3v) is 2.51. The highest BCUT2D eigenvalue weighted by molar-refractivity contribution is 6.30. The van der Waals surface area contributed by atoms with Crippen molar-refractivity contribution in [1.29, 1.82) is 0 Å². The molecule has 1 atom stereocenters. The molecular formula is C10H10ClFO. The quantitative estimate of drug-likeness (QED) is 0.779. The SMILES string of the molecule is OC(c1cc(F)cc(Cl)c1)C1CC1. The van der Waals surface area contributed by atoms with Crippen LogP contribution in [0.1, 0.15) is 24.5 Å². The molecule has 0 aliphatic heterocycles.